The van der Waals surface area contributed by atoms with Crippen LogP contribution in [0.4, 0.5) is 11.4 Å². The number of ether oxygens (including phenoxy) is 1. The minimum Gasteiger partial charge on any atom is -0.485 e. The SMILES string of the molecule is COc1c([N+](=O)[O-])cc(CSc2nnc(-c3ccc(Cl)cc3)o2)cc1[N+](=O)[O-]. The summed E-state index contributed by atoms with van der Waals surface area (Å²) in [6.07, 6.45) is 0. The summed E-state index contributed by atoms with van der Waals surface area (Å²) < 4.78 is 10.4. The van der Waals surface area contributed by atoms with E-state index in [1.165, 1.54) is 12.1 Å². The zero-order chi connectivity index (χ0) is 20.3. The molecular formula is C16H11ClN4O6S. The predicted molar refractivity (Wildman–Crippen MR) is 101 cm³/mol. The first kappa shape index (κ1) is 19.6. The van der Waals surface area contributed by atoms with E-state index in [0.29, 0.717) is 16.1 Å². The van der Waals surface area contributed by atoms with E-state index >= 15 is 0 Å². The van der Waals surface area contributed by atoms with E-state index in [2.05, 4.69) is 10.2 Å². The molecular weight excluding hydrogens is 412 g/mol. The minimum absolute atomic E-state index is 0.147. The van der Waals surface area contributed by atoms with Crippen LogP contribution in [0.2, 0.25) is 5.02 Å². The van der Waals surface area contributed by atoms with Gasteiger partial charge < -0.3 is 9.15 Å². The van der Waals surface area contributed by atoms with Gasteiger partial charge in [-0.15, -0.1) is 10.2 Å². The van der Waals surface area contributed by atoms with Crippen LogP contribution in [0.3, 0.4) is 0 Å². The highest BCUT2D eigenvalue weighted by Gasteiger charge is 2.28. The number of nitro benzene ring substituents is 2. The Morgan fingerprint density at radius 2 is 1.71 bits per heavy atom. The molecule has 3 aromatic rings. The van der Waals surface area contributed by atoms with E-state index in [1.54, 1.807) is 24.3 Å². The lowest BCUT2D eigenvalue weighted by Gasteiger charge is -2.05. The molecule has 0 fully saturated rings. The van der Waals surface area contributed by atoms with Gasteiger partial charge >= 0.3 is 11.4 Å². The van der Waals surface area contributed by atoms with Crippen LogP contribution in [-0.4, -0.2) is 27.2 Å². The highest BCUT2D eigenvalue weighted by atomic mass is 35.5. The fourth-order valence-electron chi connectivity index (χ4n) is 2.34. The summed E-state index contributed by atoms with van der Waals surface area (Å²) in [6.45, 7) is 0. The van der Waals surface area contributed by atoms with Gasteiger partial charge in [0.2, 0.25) is 5.89 Å². The molecule has 2 aromatic carbocycles. The molecule has 1 heterocycles. The first-order chi connectivity index (χ1) is 13.4. The van der Waals surface area contributed by atoms with Crippen LogP contribution in [0, 0.1) is 20.2 Å². The number of aromatic nitrogens is 2. The van der Waals surface area contributed by atoms with Crippen molar-refractivity contribution in [3.63, 3.8) is 0 Å². The summed E-state index contributed by atoms with van der Waals surface area (Å²) in [5.41, 5.74) is 0.0503. The molecule has 3 rings (SSSR count). The molecule has 0 amide bonds. The van der Waals surface area contributed by atoms with Gasteiger partial charge in [-0.25, -0.2) is 0 Å². The minimum atomic E-state index is -0.731. The molecule has 0 saturated carbocycles. The lowest BCUT2D eigenvalue weighted by molar-refractivity contribution is -0.395. The molecule has 0 unspecified atom stereocenters. The van der Waals surface area contributed by atoms with E-state index in [1.807, 2.05) is 0 Å². The average Bonchev–Trinajstić information content (AvgIpc) is 3.15. The number of hydrogen-bond donors (Lipinski definition) is 0. The summed E-state index contributed by atoms with van der Waals surface area (Å²) in [5.74, 6) is 0.0333. The molecule has 0 aliphatic rings. The van der Waals surface area contributed by atoms with E-state index in [0.717, 1.165) is 18.9 Å². The number of nitro groups is 2. The third kappa shape index (κ3) is 4.21. The Bertz CT molecular complexity index is 1000. The van der Waals surface area contributed by atoms with Crippen molar-refractivity contribution in [3.05, 3.63) is 67.2 Å². The Hall–Kier alpha value is -3.18. The molecule has 0 aliphatic carbocycles. The fourth-order valence-corrected chi connectivity index (χ4v) is 3.16. The number of thioether (sulfide) groups is 1. The number of nitrogens with zero attached hydrogens (tertiary/aromatic N) is 4. The summed E-state index contributed by atoms with van der Waals surface area (Å²) in [5, 5.41) is 31.0. The number of rotatable bonds is 7. The van der Waals surface area contributed by atoms with Crippen LogP contribution in [-0.2, 0) is 5.75 Å². The smallest absolute Gasteiger partial charge is 0.318 e. The van der Waals surface area contributed by atoms with Gasteiger partial charge in [0.25, 0.3) is 11.0 Å². The molecule has 12 heteroatoms. The molecule has 144 valence electrons. The lowest BCUT2D eigenvalue weighted by atomic mass is 10.1. The molecule has 0 aliphatic heterocycles. The van der Waals surface area contributed by atoms with Crippen molar-refractivity contribution in [1.29, 1.82) is 0 Å². The standard InChI is InChI=1S/C16H11ClN4O6S/c1-26-14-12(20(22)23)6-9(7-13(14)21(24)25)8-28-16-19-18-15(27-16)10-2-4-11(17)5-3-10/h2-7H,8H2,1H3. The van der Waals surface area contributed by atoms with Gasteiger partial charge in [0.15, 0.2) is 0 Å². The molecule has 0 N–H and O–H groups in total. The van der Waals surface area contributed by atoms with Crippen molar-refractivity contribution < 1.29 is 19.0 Å². The van der Waals surface area contributed by atoms with Crippen molar-refractivity contribution in [2.24, 2.45) is 0 Å². The maximum atomic E-state index is 11.2. The third-order valence-electron chi connectivity index (χ3n) is 3.57. The van der Waals surface area contributed by atoms with Crippen molar-refractivity contribution in [1.82, 2.24) is 10.2 Å². The van der Waals surface area contributed by atoms with Gasteiger partial charge in [-0.05, 0) is 29.8 Å². The van der Waals surface area contributed by atoms with E-state index < -0.39 is 27.0 Å². The van der Waals surface area contributed by atoms with E-state index in [4.69, 9.17) is 20.8 Å². The van der Waals surface area contributed by atoms with Gasteiger partial charge in [-0.3, -0.25) is 20.2 Å². The van der Waals surface area contributed by atoms with Crippen molar-refractivity contribution >= 4 is 34.7 Å². The second-order valence-electron chi connectivity index (χ2n) is 5.35. The van der Waals surface area contributed by atoms with E-state index in [9.17, 15) is 20.2 Å². The molecule has 0 bridgehead atoms. The molecule has 0 saturated heterocycles. The molecule has 28 heavy (non-hydrogen) atoms. The quantitative estimate of drug-likeness (QED) is 0.306. The van der Waals surface area contributed by atoms with Crippen molar-refractivity contribution in [3.8, 4) is 17.2 Å². The Kier molecular flexibility index (Phi) is 5.76. The maximum absolute atomic E-state index is 11.2. The van der Waals surface area contributed by atoms with Crippen LogP contribution < -0.4 is 4.74 Å². The van der Waals surface area contributed by atoms with Crippen LogP contribution in [0.25, 0.3) is 11.5 Å². The van der Waals surface area contributed by atoms with Gasteiger partial charge in [0, 0.05) is 28.5 Å². The molecule has 0 spiro atoms. The second-order valence-corrected chi connectivity index (χ2v) is 6.71. The largest absolute Gasteiger partial charge is 0.485 e. The van der Waals surface area contributed by atoms with Crippen molar-refractivity contribution in [2.75, 3.05) is 7.11 Å². The van der Waals surface area contributed by atoms with Crippen LogP contribution in [0.15, 0.2) is 46.0 Å². The van der Waals surface area contributed by atoms with Crippen molar-refractivity contribution in [2.45, 2.75) is 11.0 Å². The summed E-state index contributed by atoms with van der Waals surface area (Å²) in [4.78, 5) is 21.0. The molecule has 1 aromatic heterocycles. The van der Waals surface area contributed by atoms with Crippen LogP contribution in [0.1, 0.15) is 5.56 Å². The second kappa shape index (κ2) is 8.23. The molecule has 0 atom stereocenters. The topological polar surface area (TPSA) is 134 Å². The zero-order valence-corrected chi connectivity index (χ0v) is 15.8. The summed E-state index contributed by atoms with van der Waals surface area (Å²) >= 11 is 6.93. The monoisotopic (exact) mass is 422 g/mol. The number of hydrogen-bond acceptors (Lipinski definition) is 9. The summed E-state index contributed by atoms with van der Waals surface area (Å²) in [6, 6.07) is 9.25. The summed E-state index contributed by atoms with van der Waals surface area (Å²) in [7, 11) is 1.14. The van der Waals surface area contributed by atoms with Gasteiger partial charge in [0.05, 0.1) is 17.0 Å². The van der Waals surface area contributed by atoms with Crippen LogP contribution in [0.5, 0.6) is 5.75 Å². The zero-order valence-electron chi connectivity index (χ0n) is 14.2. The highest BCUT2D eigenvalue weighted by Crippen LogP contribution is 2.39. The van der Waals surface area contributed by atoms with Gasteiger partial charge in [0.1, 0.15) is 0 Å². The average molecular weight is 423 g/mol. The Balaban J connectivity index is 1.82. The third-order valence-corrected chi connectivity index (χ3v) is 4.71. The van der Waals surface area contributed by atoms with Gasteiger partial charge in [-0.1, -0.05) is 23.4 Å². The Morgan fingerprint density at radius 3 is 2.25 bits per heavy atom. The number of halogens is 1. The molecule has 10 nitrogen and oxygen atoms in total. The Labute approximate surface area is 166 Å². The number of methoxy groups -OCH3 is 1. The van der Waals surface area contributed by atoms with Gasteiger partial charge in [-0.2, -0.15) is 0 Å². The Morgan fingerprint density at radius 1 is 1.11 bits per heavy atom. The fraction of sp³-hybridized carbons (Fsp3) is 0.125. The normalized spacial score (nSPS) is 10.6. The van der Waals surface area contributed by atoms with Crippen LogP contribution >= 0.6 is 23.4 Å². The first-order valence-electron chi connectivity index (χ1n) is 7.61. The van der Waals surface area contributed by atoms with E-state index in [-0.39, 0.29) is 16.9 Å². The molecule has 0 radical (unpaired) electrons. The predicted octanol–water partition coefficient (Wildman–Crippen LogP) is 4.51. The maximum Gasteiger partial charge on any atom is 0.318 e. The lowest BCUT2D eigenvalue weighted by Crippen LogP contribution is -2.00. The highest BCUT2D eigenvalue weighted by molar-refractivity contribution is 7.98. The number of benzene rings is 2. The first-order valence-corrected chi connectivity index (χ1v) is 8.97.